The first-order chi connectivity index (χ1) is 9.08. The molecule has 7 heteroatoms. The second kappa shape index (κ2) is 6.01. The molecule has 19 heavy (non-hydrogen) atoms. The van der Waals surface area contributed by atoms with Crippen molar-refractivity contribution in [3.63, 3.8) is 0 Å². The molecule has 1 fully saturated rings. The Morgan fingerprint density at radius 2 is 2.11 bits per heavy atom. The number of thioether (sulfide) groups is 1. The molecule has 0 atom stereocenters. The van der Waals surface area contributed by atoms with E-state index in [0.717, 1.165) is 36.5 Å². The van der Waals surface area contributed by atoms with E-state index < -0.39 is 16.4 Å². The van der Waals surface area contributed by atoms with Crippen LogP contribution >= 0.6 is 11.8 Å². The van der Waals surface area contributed by atoms with Crippen molar-refractivity contribution in [2.45, 2.75) is 18.9 Å². The Kier molecular flexibility index (Phi) is 4.36. The molecule has 1 aromatic rings. The molecule has 0 bridgehead atoms. The molecule has 0 aromatic heterocycles. The van der Waals surface area contributed by atoms with Crippen molar-refractivity contribution in [1.29, 1.82) is 0 Å². The quantitative estimate of drug-likeness (QED) is 0.683. The van der Waals surface area contributed by atoms with Crippen LogP contribution < -0.4 is 5.32 Å². The van der Waals surface area contributed by atoms with Crippen LogP contribution in [-0.4, -0.2) is 28.4 Å². The molecule has 1 saturated heterocycles. The number of hydrogen-bond donors (Lipinski definition) is 1. The van der Waals surface area contributed by atoms with Gasteiger partial charge < -0.3 is 5.32 Å². The van der Waals surface area contributed by atoms with Gasteiger partial charge in [-0.3, -0.25) is 14.9 Å². The van der Waals surface area contributed by atoms with E-state index in [4.69, 9.17) is 0 Å². The largest absolute Gasteiger partial charge is 0.349 e. The molecule has 5 nitrogen and oxygen atoms in total. The third kappa shape index (κ3) is 3.44. The molecule has 102 valence electrons. The lowest BCUT2D eigenvalue weighted by Gasteiger charge is -2.22. The van der Waals surface area contributed by atoms with Crippen LogP contribution in [0, 0.1) is 15.9 Å². The molecule has 1 N–H and O–H groups in total. The zero-order chi connectivity index (χ0) is 13.8. The monoisotopic (exact) mass is 284 g/mol. The molecule has 1 amide bonds. The lowest BCUT2D eigenvalue weighted by atomic mass is 10.1. The van der Waals surface area contributed by atoms with Gasteiger partial charge in [0.1, 0.15) is 0 Å². The number of nitro benzene ring substituents is 1. The second-order valence-electron chi connectivity index (χ2n) is 4.28. The number of carbonyl (C=O) groups excluding carboxylic acids is 1. The summed E-state index contributed by atoms with van der Waals surface area (Å²) in [6.45, 7) is 0. The fourth-order valence-electron chi connectivity index (χ4n) is 1.91. The highest BCUT2D eigenvalue weighted by atomic mass is 32.2. The molecule has 0 unspecified atom stereocenters. The highest BCUT2D eigenvalue weighted by molar-refractivity contribution is 7.99. The average Bonchev–Trinajstić information content (AvgIpc) is 2.39. The third-order valence-electron chi connectivity index (χ3n) is 2.96. The number of halogens is 1. The normalized spacial score (nSPS) is 16.1. The Morgan fingerprint density at radius 3 is 2.68 bits per heavy atom. The van der Waals surface area contributed by atoms with E-state index in [2.05, 4.69) is 5.32 Å². The Labute approximate surface area is 113 Å². The van der Waals surface area contributed by atoms with E-state index in [9.17, 15) is 19.3 Å². The van der Waals surface area contributed by atoms with Gasteiger partial charge in [0.2, 0.25) is 5.82 Å². The molecular weight excluding hydrogens is 271 g/mol. The Balaban J connectivity index is 2.06. The second-order valence-corrected chi connectivity index (χ2v) is 5.51. The van der Waals surface area contributed by atoms with E-state index in [0.29, 0.717) is 0 Å². The first-order valence-corrected chi connectivity index (χ1v) is 7.06. The molecule has 1 aliphatic rings. The fourth-order valence-corrected chi connectivity index (χ4v) is 3.01. The van der Waals surface area contributed by atoms with Gasteiger partial charge >= 0.3 is 5.69 Å². The molecule has 1 heterocycles. The average molecular weight is 284 g/mol. The van der Waals surface area contributed by atoms with Gasteiger partial charge in [-0.15, -0.1) is 0 Å². The van der Waals surface area contributed by atoms with E-state index in [1.165, 1.54) is 6.07 Å². The summed E-state index contributed by atoms with van der Waals surface area (Å²) in [5.41, 5.74) is -0.507. The van der Waals surface area contributed by atoms with Gasteiger partial charge in [0.15, 0.2) is 0 Å². The molecule has 2 rings (SSSR count). The van der Waals surface area contributed by atoms with Gasteiger partial charge in [-0.2, -0.15) is 16.2 Å². The zero-order valence-electron chi connectivity index (χ0n) is 10.1. The molecule has 0 saturated carbocycles. The summed E-state index contributed by atoms with van der Waals surface area (Å²) >= 11 is 1.84. The maximum absolute atomic E-state index is 13.4. The van der Waals surface area contributed by atoms with E-state index >= 15 is 0 Å². The summed E-state index contributed by atoms with van der Waals surface area (Å²) in [5.74, 6) is 0.627. The first kappa shape index (κ1) is 13.8. The zero-order valence-corrected chi connectivity index (χ0v) is 10.9. The molecular formula is C12H13FN2O3S. The number of benzene rings is 1. The highest BCUT2D eigenvalue weighted by Gasteiger charge is 2.20. The lowest BCUT2D eigenvalue weighted by Crippen LogP contribution is -2.37. The van der Waals surface area contributed by atoms with Crippen LogP contribution in [0.15, 0.2) is 18.2 Å². The van der Waals surface area contributed by atoms with Gasteiger partial charge in [-0.25, -0.2) is 0 Å². The van der Waals surface area contributed by atoms with Crippen molar-refractivity contribution >= 4 is 23.4 Å². The summed E-state index contributed by atoms with van der Waals surface area (Å²) in [6.07, 6.45) is 1.79. The van der Waals surface area contributed by atoms with Crippen LogP contribution in [0.3, 0.4) is 0 Å². The molecule has 0 spiro atoms. The minimum absolute atomic E-state index is 0.104. The van der Waals surface area contributed by atoms with Crippen molar-refractivity contribution in [3.8, 4) is 0 Å². The smallest absolute Gasteiger partial charge is 0.304 e. The van der Waals surface area contributed by atoms with Crippen molar-refractivity contribution < 1.29 is 14.1 Å². The number of nitro groups is 1. The van der Waals surface area contributed by atoms with Crippen LogP contribution in [-0.2, 0) is 0 Å². The van der Waals surface area contributed by atoms with Gasteiger partial charge in [0.25, 0.3) is 5.91 Å². The van der Waals surface area contributed by atoms with Gasteiger partial charge in [-0.05, 0) is 36.5 Å². The van der Waals surface area contributed by atoms with Crippen LogP contribution in [0.1, 0.15) is 23.2 Å². The SMILES string of the molecule is O=C(NC1CCSCC1)c1ccc([N+](=O)[O-])c(F)c1. The number of carbonyl (C=O) groups is 1. The number of nitrogens with zero attached hydrogens (tertiary/aromatic N) is 1. The molecule has 1 aliphatic heterocycles. The number of rotatable bonds is 3. The molecule has 0 radical (unpaired) electrons. The summed E-state index contributed by atoms with van der Waals surface area (Å²) in [6, 6.07) is 3.30. The van der Waals surface area contributed by atoms with Gasteiger partial charge in [0, 0.05) is 17.7 Å². The third-order valence-corrected chi connectivity index (χ3v) is 4.01. The minimum Gasteiger partial charge on any atom is -0.349 e. The Bertz CT molecular complexity index is 504. The van der Waals surface area contributed by atoms with Crippen LogP contribution in [0.25, 0.3) is 0 Å². The predicted octanol–water partition coefficient (Wildman–Crippen LogP) is 2.36. The number of amides is 1. The van der Waals surface area contributed by atoms with Crippen LogP contribution in [0.5, 0.6) is 0 Å². The molecule has 1 aromatic carbocycles. The predicted molar refractivity (Wildman–Crippen MR) is 70.9 cm³/mol. The number of hydrogen-bond acceptors (Lipinski definition) is 4. The van der Waals surface area contributed by atoms with Gasteiger partial charge in [-0.1, -0.05) is 0 Å². The summed E-state index contributed by atoms with van der Waals surface area (Å²) in [5, 5.41) is 13.3. The van der Waals surface area contributed by atoms with E-state index in [1.54, 1.807) is 0 Å². The standard InChI is InChI=1S/C12H13FN2O3S/c13-10-7-8(1-2-11(10)15(17)18)12(16)14-9-3-5-19-6-4-9/h1-2,7,9H,3-6H2,(H,14,16). The maximum atomic E-state index is 13.4. The Morgan fingerprint density at radius 1 is 1.42 bits per heavy atom. The van der Waals surface area contributed by atoms with Crippen LogP contribution in [0.2, 0.25) is 0 Å². The van der Waals surface area contributed by atoms with Gasteiger partial charge in [0.05, 0.1) is 4.92 Å². The Hall–Kier alpha value is -1.63. The fraction of sp³-hybridized carbons (Fsp3) is 0.417. The first-order valence-electron chi connectivity index (χ1n) is 5.90. The molecule has 0 aliphatic carbocycles. The van der Waals surface area contributed by atoms with Crippen molar-refractivity contribution in [1.82, 2.24) is 5.32 Å². The van der Waals surface area contributed by atoms with Crippen molar-refractivity contribution in [2.75, 3.05) is 11.5 Å². The topological polar surface area (TPSA) is 72.2 Å². The summed E-state index contributed by atoms with van der Waals surface area (Å²) < 4.78 is 13.4. The van der Waals surface area contributed by atoms with Crippen LogP contribution in [0.4, 0.5) is 10.1 Å². The summed E-state index contributed by atoms with van der Waals surface area (Å²) in [4.78, 5) is 21.6. The minimum atomic E-state index is -0.989. The summed E-state index contributed by atoms with van der Waals surface area (Å²) in [7, 11) is 0. The van der Waals surface area contributed by atoms with E-state index in [-0.39, 0.29) is 17.5 Å². The maximum Gasteiger partial charge on any atom is 0.304 e. The van der Waals surface area contributed by atoms with E-state index in [1.807, 2.05) is 11.8 Å². The lowest BCUT2D eigenvalue weighted by molar-refractivity contribution is -0.387. The van der Waals surface area contributed by atoms with Crippen molar-refractivity contribution in [3.05, 3.63) is 39.7 Å². The highest BCUT2D eigenvalue weighted by Crippen LogP contribution is 2.20. The van der Waals surface area contributed by atoms with Crippen molar-refractivity contribution in [2.24, 2.45) is 0 Å². The number of nitrogens with one attached hydrogen (secondary N) is 1.